The van der Waals surface area contributed by atoms with E-state index in [0.717, 1.165) is 15.9 Å². The lowest BCUT2D eigenvalue weighted by Crippen LogP contribution is -2.26. The molecule has 0 aliphatic heterocycles. The van der Waals surface area contributed by atoms with Crippen LogP contribution in [0.1, 0.15) is 5.56 Å². The fraction of sp³-hybridized carbons (Fsp3) is 0.250. The minimum absolute atomic E-state index is 0.226. The molecule has 0 amide bonds. The average molecular weight is 371 g/mol. The second-order valence-electron chi connectivity index (χ2n) is 4.78. The molecule has 0 bridgehead atoms. The van der Waals surface area contributed by atoms with E-state index in [1.807, 2.05) is 43.3 Å². The van der Waals surface area contributed by atoms with Gasteiger partial charge in [-0.05, 0) is 37.3 Å². The predicted octanol–water partition coefficient (Wildman–Crippen LogP) is 4.26. The van der Waals surface area contributed by atoms with Gasteiger partial charge < -0.3 is 15.2 Å². The number of ether oxygens (including phenoxy) is 1. The maximum absolute atomic E-state index is 9.93. The Balaban J connectivity index is 1.79. The highest BCUT2D eigenvalue weighted by molar-refractivity contribution is 9.10. The van der Waals surface area contributed by atoms with Gasteiger partial charge in [0.25, 0.3) is 0 Å². The first-order valence-corrected chi connectivity index (χ1v) is 7.78. The molecule has 112 valence electrons. The number of benzene rings is 2. The summed E-state index contributed by atoms with van der Waals surface area (Å²) in [6.07, 6.45) is -0.619. The van der Waals surface area contributed by atoms with Crippen LogP contribution in [0.15, 0.2) is 46.9 Å². The van der Waals surface area contributed by atoms with Gasteiger partial charge in [-0.2, -0.15) is 0 Å². The first-order chi connectivity index (χ1) is 10.0. The molecule has 0 heterocycles. The van der Waals surface area contributed by atoms with Crippen molar-refractivity contribution in [3.63, 3.8) is 0 Å². The Morgan fingerprint density at radius 2 is 1.95 bits per heavy atom. The van der Waals surface area contributed by atoms with Crippen LogP contribution in [-0.2, 0) is 0 Å². The van der Waals surface area contributed by atoms with E-state index in [0.29, 0.717) is 11.6 Å². The third kappa shape index (κ3) is 5.23. The van der Waals surface area contributed by atoms with Crippen LogP contribution < -0.4 is 10.1 Å². The molecule has 0 saturated carbocycles. The topological polar surface area (TPSA) is 41.5 Å². The molecule has 2 rings (SSSR count). The molecule has 2 N–H and O–H groups in total. The molecule has 0 fully saturated rings. The summed E-state index contributed by atoms with van der Waals surface area (Å²) in [4.78, 5) is 0. The van der Waals surface area contributed by atoms with Crippen molar-refractivity contribution >= 4 is 33.2 Å². The SMILES string of the molecule is Cc1ccc(OCC(O)CNc2ccc(Br)cc2Cl)cc1. The molecule has 0 spiro atoms. The molecule has 1 unspecified atom stereocenters. The zero-order chi connectivity index (χ0) is 15.2. The summed E-state index contributed by atoms with van der Waals surface area (Å²) in [5, 5.41) is 13.6. The normalized spacial score (nSPS) is 12.0. The zero-order valence-electron chi connectivity index (χ0n) is 11.6. The summed E-state index contributed by atoms with van der Waals surface area (Å²) in [5.41, 5.74) is 1.96. The molecule has 3 nitrogen and oxygen atoms in total. The Kier molecular flexibility index (Phi) is 5.91. The van der Waals surface area contributed by atoms with Crippen molar-refractivity contribution in [1.29, 1.82) is 0 Å². The van der Waals surface area contributed by atoms with Crippen LogP contribution in [-0.4, -0.2) is 24.4 Å². The van der Waals surface area contributed by atoms with E-state index in [-0.39, 0.29) is 6.61 Å². The van der Waals surface area contributed by atoms with Crippen LogP contribution in [0.3, 0.4) is 0 Å². The maximum atomic E-state index is 9.93. The smallest absolute Gasteiger partial charge is 0.119 e. The Morgan fingerprint density at radius 1 is 1.24 bits per heavy atom. The summed E-state index contributed by atoms with van der Waals surface area (Å²) in [7, 11) is 0. The van der Waals surface area contributed by atoms with Gasteiger partial charge in [-0.1, -0.05) is 45.2 Å². The van der Waals surface area contributed by atoms with Crippen molar-refractivity contribution in [3.8, 4) is 5.75 Å². The van der Waals surface area contributed by atoms with E-state index in [2.05, 4.69) is 21.2 Å². The van der Waals surface area contributed by atoms with Crippen molar-refractivity contribution in [2.24, 2.45) is 0 Å². The molecule has 21 heavy (non-hydrogen) atoms. The molecule has 2 aromatic rings. The van der Waals surface area contributed by atoms with Crippen LogP contribution in [0.5, 0.6) is 5.75 Å². The second-order valence-corrected chi connectivity index (χ2v) is 6.11. The van der Waals surface area contributed by atoms with Crippen molar-refractivity contribution in [3.05, 3.63) is 57.5 Å². The Hall–Kier alpha value is -1.23. The highest BCUT2D eigenvalue weighted by atomic mass is 79.9. The van der Waals surface area contributed by atoms with Gasteiger partial charge in [0.2, 0.25) is 0 Å². The molecule has 1 atom stereocenters. The lowest BCUT2D eigenvalue weighted by Gasteiger charge is -2.15. The molecule has 5 heteroatoms. The number of hydrogen-bond donors (Lipinski definition) is 2. The largest absolute Gasteiger partial charge is 0.491 e. The summed E-state index contributed by atoms with van der Waals surface area (Å²) >= 11 is 9.45. The molecule has 0 aromatic heterocycles. The van der Waals surface area contributed by atoms with E-state index in [1.54, 1.807) is 6.07 Å². The van der Waals surface area contributed by atoms with E-state index in [4.69, 9.17) is 16.3 Å². The minimum Gasteiger partial charge on any atom is -0.491 e. The number of hydrogen-bond acceptors (Lipinski definition) is 3. The second kappa shape index (κ2) is 7.69. The third-order valence-electron chi connectivity index (χ3n) is 2.92. The number of aliphatic hydroxyl groups is 1. The van der Waals surface area contributed by atoms with Crippen molar-refractivity contribution in [1.82, 2.24) is 0 Å². The Bertz CT molecular complexity index is 589. The minimum atomic E-state index is -0.619. The van der Waals surface area contributed by atoms with Crippen LogP contribution in [0.4, 0.5) is 5.69 Å². The Labute approximate surface area is 138 Å². The van der Waals surface area contributed by atoms with Gasteiger partial charge in [-0.25, -0.2) is 0 Å². The quantitative estimate of drug-likeness (QED) is 0.798. The summed E-state index contributed by atoms with van der Waals surface area (Å²) in [6, 6.07) is 13.3. The predicted molar refractivity (Wildman–Crippen MR) is 90.3 cm³/mol. The number of halogens is 2. The lowest BCUT2D eigenvalue weighted by molar-refractivity contribution is 0.117. The van der Waals surface area contributed by atoms with Crippen LogP contribution in [0, 0.1) is 6.92 Å². The lowest BCUT2D eigenvalue weighted by atomic mass is 10.2. The monoisotopic (exact) mass is 369 g/mol. The first-order valence-electron chi connectivity index (χ1n) is 6.61. The van der Waals surface area contributed by atoms with Gasteiger partial charge in [-0.15, -0.1) is 0 Å². The van der Waals surface area contributed by atoms with Gasteiger partial charge in [-0.3, -0.25) is 0 Å². The fourth-order valence-electron chi connectivity index (χ4n) is 1.75. The molecular formula is C16H17BrClNO2. The standard InChI is InChI=1S/C16H17BrClNO2/c1-11-2-5-14(6-3-11)21-10-13(20)9-19-16-7-4-12(17)8-15(16)18/h2-8,13,19-20H,9-10H2,1H3. The number of rotatable bonds is 6. The molecule has 0 saturated heterocycles. The van der Waals surface area contributed by atoms with Crippen LogP contribution >= 0.6 is 27.5 Å². The van der Waals surface area contributed by atoms with Crippen LogP contribution in [0.25, 0.3) is 0 Å². The fourth-order valence-corrected chi connectivity index (χ4v) is 2.49. The van der Waals surface area contributed by atoms with Crippen molar-refractivity contribution in [2.45, 2.75) is 13.0 Å². The van der Waals surface area contributed by atoms with E-state index < -0.39 is 6.10 Å². The summed E-state index contributed by atoms with van der Waals surface area (Å²) < 4.78 is 6.45. The highest BCUT2D eigenvalue weighted by Gasteiger charge is 2.07. The zero-order valence-corrected chi connectivity index (χ0v) is 14.0. The van der Waals surface area contributed by atoms with Crippen LogP contribution in [0.2, 0.25) is 5.02 Å². The maximum Gasteiger partial charge on any atom is 0.119 e. The molecule has 0 aliphatic rings. The third-order valence-corrected chi connectivity index (χ3v) is 3.73. The van der Waals surface area contributed by atoms with Gasteiger partial charge in [0.05, 0.1) is 10.7 Å². The van der Waals surface area contributed by atoms with Gasteiger partial charge in [0.1, 0.15) is 18.5 Å². The van der Waals surface area contributed by atoms with Crippen molar-refractivity contribution in [2.75, 3.05) is 18.5 Å². The van der Waals surface area contributed by atoms with E-state index >= 15 is 0 Å². The van der Waals surface area contributed by atoms with E-state index in [1.165, 1.54) is 5.56 Å². The molecule has 0 radical (unpaired) electrons. The van der Waals surface area contributed by atoms with Gasteiger partial charge in [0.15, 0.2) is 0 Å². The Morgan fingerprint density at radius 3 is 2.62 bits per heavy atom. The number of nitrogens with one attached hydrogen (secondary N) is 1. The summed E-state index contributed by atoms with van der Waals surface area (Å²) in [6.45, 7) is 2.61. The number of aliphatic hydroxyl groups excluding tert-OH is 1. The molecular weight excluding hydrogens is 354 g/mol. The number of aryl methyl sites for hydroxylation is 1. The van der Waals surface area contributed by atoms with E-state index in [9.17, 15) is 5.11 Å². The van der Waals surface area contributed by atoms with Crippen molar-refractivity contribution < 1.29 is 9.84 Å². The first kappa shape index (κ1) is 16.1. The van der Waals surface area contributed by atoms with Gasteiger partial charge in [0, 0.05) is 11.0 Å². The molecule has 0 aliphatic carbocycles. The average Bonchev–Trinajstić information content (AvgIpc) is 2.46. The highest BCUT2D eigenvalue weighted by Crippen LogP contribution is 2.25. The summed E-state index contributed by atoms with van der Waals surface area (Å²) in [5.74, 6) is 0.751. The molecule has 2 aromatic carbocycles. The number of anilines is 1. The van der Waals surface area contributed by atoms with Gasteiger partial charge >= 0.3 is 0 Å².